The van der Waals surface area contributed by atoms with E-state index in [1.165, 1.54) is 49.0 Å². The first kappa shape index (κ1) is 32.7. The fourth-order valence-corrected chi connectivity index (χ4v) is 9.48. The zero-order valence-electron chi connectivity index (χ0n) is 31.5. The molecular formula is C55H35N3. The predicted molar refractivity (Wildman–Crippen MR) is 243 cm³/mol. The molecule has 7 aromatic carbocycles. The summed E-state index contributed by atoms with van der Waals surface area (Å²) in [6, 6.07) is 58.5. The number of hydrogen-bond donors (Lipinski definition) is 0. The lowest BCUT2D eigenvalue weighted by Crippen LogP contribution is -2.18. The Balaban J connectivity index is 0.978. The van der Waals surface area contributed by atoms with Crippen molar-refractivity contribution in [3.63, 3.8) is 0 Å². The summed E-state index contributed by atoms with van der Waals surface area (Å²) in [5.74, 6) is 0.218. The van der Waals surface area contributed by atoms with Gasteiger partial charge in [-0.1, -0.05) is 182 Å². The van der Waals surface area contributed by atoms with Crippen molar-refractivity contribution in [3.8, 4) is 22.5 Å². The van der Waals surface area contributed by atoms with Crippen LogP contribution in [0.3, 0.4) is 0 Å². The van der Waals surface area contributed by atoms with Crippen LogP contribution in [0.2, 0.25) is 0 Å². The molecule has 2 aliphatic rings. The minimum Gasteiger partial charge on any atom is -0.250 e. The first-order valence-electron chi connectivity index (χ1n) is 20.0. The molecule has 2 atom stereocenters. The van der Waals surface area contributed by atoms with E-state index in [0.717, 1.165) is 60.9 Å². The van der Waals surface area contributed by atoms with Gasteiger partial charge < -0.3 is 0 Å². The molecule has 0 amide bonds. The van der Waals surface area contributed by atoms with Crippen LogP contribution in [0, 0.1) is 5.92 Å². The molecule has 12 rings (SSSR count). The van der Waals surface area contributed by atoms with Gasteiger partial charge in [-0.05, 0) is 56.5 Å². The topological polar surface area (TPSA) is 38.7 Å². The fraction of sp³-hybridized carbons (Fsp3) is 0.0364. The molecule has 270 valence electrons. The van der Waals surface area contributed by atoms with E-state index in [1.807, 2.05) is 6.07 Å². The minimum absolute atomic E-state index is 0.0781. The van der Waals surface area contributed by atoms with Gasteiger partial charge in [-0.2, -0.15) is 0 Å². The van der Waals surface area contributed by atoms with Crippen molar-refractivity contribution in [3.05, 3.63) is 217 Å². The number of hydrogen-bond acceptors (Lipinski definition) is 3. The third-order valence-electron chi connectivity index (χ3n) is 12.2. The average molecular weight is 738 g/mol. The molecule has 3 heteroatoms. The van der Waals surface area contributed by atoms with Crippen LogP contribution in [0.15, 0.2) is 206 Å². The molecule has 2 aliphatic carbocycles. The van der Waals surface area contributed by atoms with Gasteiger partial charge in [-0.25, -0.2) is 15.0 Å². The normalized spacial score (nSPS) is 16.3. The largest absolute Gasteiger partial charge is 0.250 e. The van der Waals surface area contributed by atoms with E-state index in [4.69, 9.17) is 15.0 Å². The smallest absolute Gasteiger partial charge is 0.0972 e. The van der Waals surface area contributed by atoms with Gasteiger partial charge in [0, 0.05) is 55.6 Å². The second-order valence-corrected chi connectivity index (χ2v) is 15.4. The van der Waals surface area contributed by atoms with Gasteiger partial charge in [0.05, 0.1) is 27.9 Å². The number of aromatic nitrogens is 3. The number of nitrogens with zero attached hydrogens (tertiary/aromatic N) is 3. The van der Waals surface area contributed by atoms with Crippen LogP contribution in [0.25, 0.3) is 93.1 Å². The van der Waals surface area contributed by atoms with Crippen molar-refractivity contribution in [2.75, 3.05) is 0 Å². The maximum absolute atomic E-state index is 5.57. The van der Waals surface area contributed by atoms with E-state index < -0.39 is 0 Å². The molecule has 0 saturated heterocycles. The monoisotopic (exact) mass is 737 g/mol. The van der Waals surface area contributed by atoms with E-state index in [9.17, 15) is 0 Å². The molecule has 3 nitrogen and oxygen atoms in total. The molecule has 58 heavy (non-hydrogen) atoms. The highest BCUT2D eigenvalue weighted by atomic mass is 14.8. The minimum atomic E-state index is 0.0781. The number of pyridine rings is 3. The summed E-state index contributed by atoms with van der Waals surface area (Å²) in [4.78, 5) is 16.1. The maximum Gasteiger partial charge on any atom is 0.0972 e. The summed E-state index contributed by atoms with van der Waals surface area (Å²) in [7, 11) is 0. The quantitative estimate of drug-likeness (QED) is 0.169. The summed E-state index contributed by atoms with van der Waals surface area (Å²) >= 11 is 0. The Morgan fingerprint density at radius 2 is 1.00 bits per heavy atom. The third kappa shape index (κ3) is 5.10. The summed E-state index contributed by atoms with van der Waals surface area (Å²) < 4.78 is 0. The first-order chi connectivity index (χ1) is 28.8. The van der Waals surface area contributed by atoms with Crippen LogP contribution in [-0.4, -0.2) is 15.0 Å². The van der Waals surface area contributed by atoms with E-state index in [0.29, 0.717) is 0 Å². The molecule has 0 N–H and O–H groups in total. The zero-order chi connectivity index (χ0) is 38.2. The van der Waals surface area contributed by atoms with Crippen molar-refractivity contribution in [2.45, 2.75) is 5.92 Å². The highest BCUT2D eigenvalue weighted by Crippen LogP contribution is 2.45. The molecule has 2 unspecified atom stereocenters. The van der Waals surface area contributed by atoms with Crippen LogP contribution in [0.4, 0.5) is 0 Å². The Morgan fingerprint density at radius 1 is 0.379 bits per heavy atom. The van der Waals surface area contributed by atoms with Gasteiger partial charge in [0.2, 0.25) is 0 Å². The lowest BCUT2D eigenvalue weighted by Gasteiger charge is -2.30. The first-order valence-corrected chi connectivity index (χ1v) is 20.0. The van der Waals surface area contributed by atoms with Crippen molar-refractivity contribution < 1.29 is 0 Å². The van der Waals surface area contributed by atoms with Gasteiger partial charge in [0.15, 0.2) is 0 Å². The number of allylic oxidation sites excluding steroid dienone is 8. The standard InChI is InChI=1S/C55H35N3/c1-2-13-34(14-3-1)49-31-27-35-25-26-36-28-32-50(57-54(36)53(35)56-49)44-30-29-39(40-17-4-5-18-41(40)44)37-15-12-16-38(33-37)52-48-24-11-9-22-46(48)51-45-21-8-6-19-42(45)43-20-7-10-23-47(43)55(51)58-52/h1-33,41,44H. The van der Waals surface area contributed by atoms with Gasteiger partial charge in [-0.3, -0.25) is 0 Å². The highest BCUT2D eigenvalue weighted by molar-refractivity contribution is 6.31. The van der Waals surface area contributed by atoms with Crippen LogP contribution in [0.1, 0.15) is 17.2 Å². The second kappa shape index (κ2) is 13.0. The molecular weight excluding hydrogens is 703 g/mol. The SMILES string of the molecule is C1=CC2=C(c3cccc(-c4nc5c6ccccc6c6ccccc6c5c5ccccc45)c3)C=CC(c3ccc4ccc5ccc(-c6ccccc6)nc5c4n3)C2C=C1. The molecule has 0 spiro atoms. The maximum atomic E-state index is 5.57. The van der Waals surface area contributed by atoms with Crippen LogP contribution >= 0.6 is 0 Å². The average Bonchev–Trinajstić information content (AvgIpc) is 3.30. The Labute approximate surface area is 335 Å². The Bertz CT molecular complexity index is 3460. The zero-order valence-corrected chi connectivity index (χ0v) is 31.5. The fourth-order valence-electron chi connectivity index (χ4n) is 9.48. The molecule has 0 fully saturated rings. The molecule has 0 aliphatic heterocycles. The Morgan fingerprint density at radius 3 is 1.81 bits per heavy atom. The molecule has 10 aromatic rings. The molecule has 0 saturated carbocycles. The van der Waals surface area contributed by atoms with Crippen molar-refractivity contribution in [1.82, 2.24) is 15.0 Å². The van der Waals surface area contributed by atoms with Crippen LogP contribution < -0.4 is 0 Å². The van der Waals surface area contributed by atoms with Gasteiger partial charge in [0.1, 0.15) is 0 Å². The van der Waals surface area contributed by atoms with E-state index in [2.05, 4.69) is 194 Å². The van der Waals surface area contributed by atoms with Crippen LogP contribution in [-0.2, 0) is 0 Å². The van der Waals surface area contributed by atoms with Crippen molar-refractivity contribution in [2.24, 2.45) is 5.92 Å². The lowest BCUT2D eigenvalue weighted by atomic mass is 9.74. The summed E-state index contributed by atoms with van der Waals surface area (Å²) in [5, 5.41) is 10.7. The predicted octanol–water partition coefficient (Wildman–Crippen LogP) is 14.0. The Kier molecular flexibility index (Phi) is 7.36. The number of benzene rings is 7. The molecule has 3 heterocycles. The highest BCUT2D eigenvalue weighted by Gasteiger charge is 2.29. The van der Waals surface area contributed by atoms with E-state index in [-0.39, 0.29) is 11.8 Å². The second-order valence-electron chi connectivity index (χ2n) is 15.4. The van der Waals surface area contributed by atoms with Crippen LogP contribution in [0.5, 0.6) is 0 Å². The molecule has 3 aromatic heterocycles. The molecule has 0 radical (unpaired) electrons. The van der Waals surface area contributed by atoms with Gasteiger partial charge in [-0.15, -0.1) is 0 Å². The third-order valence-corrected chi connectivity index (χ3v) is 12.2. The van der Waals surface area contributed by atoms with Gasteiger partial charge in [0.25, 0.3) is 0 Å². The summed E-state index contributed by atoms with van der Waals surface area (Å²) in [6.45, 7) is 0. The van der Waals surface area contributed by atoms with Crippen molar-refractivity contribution >= 4 is 70.6 Å². The number of fused-ring (bicyclic) bond motifs is 12. The summed E-state index contributed by atoms with van der Waals surface area (Å²) in [6.07, 6.45) is 13.6. The number of rotatable bonds is 4. The van der Waals surface area contributed by atoms with E-state index in [1.54, 1.807) is 0 Å². The lowest BCUT2D eigenvalue weighted by molar-refractivity contribution is 0.658. The summed E-state index contributed by atoms with van der Waals surface area (Å²) in [5.41, 5.74) is 11.8. The van der Waals surface area contributed by atoms with E-state index >= 15 is 0 Å². The Hall–Kier alpha value is -7.49. The molecule has 0 bridgehead atoms. The van der Waals surface area contributed by atoms with Gasteiger partial charge >= 0.3 is 0 Å². The van der Waals surface area contributed by atoms with Crippen molar-refractivity contribution in [1.29, 1.82) is 0 Å².